The van der Waals surface area contributed by atoms with Crippen molar-refractivity contribution in [2.24, 2.45) is 11.7 Å². The van der Waals surface area contributed by atoms with E-state index in [0.717, 1.165) is 18.5 Å². The third kappa shape index (κ3) is 2.12. The predicted molar refractivity (Wildman–Crippen MR) is 75.2 cm³/mol. The van der Waals surface area contributed by atoms with Crippen molar-refractivity contribution in [2.75, 3.05) is 20.1 Å². The molecule has 0 amide bonds. The van der Waals surface area contributed by atoms with Crippen LogP contribution in [0.25, 0.3) is 6.08 Å². The lowest BCUT2D eigenvalue weighted by atomic mass is 9.98. The summed E-state index contributed by atoms with van der Waals surface area (Å²) >= 11 is 0. The van der Waals surface area contributed by atoms with Gasteiger partial charge in [0.2, 0.25) is 0 Å². The molecule has 1 aromatic rings. The number of fused-ring (bicyclic) bond motifs is 1. The molecule has 102 valence electrons. The fourth-order valence-corrected chi connectivity index (χ4v) is 4.25. The van der Waals surface area contributed by atoms with E-state index in [1.165, 1.54) is 11.0 Å². The average molecular weight is 278 g/mol. The number of benzene rings is 1. The fourth-order valence-electron chi connectivity index (χ4n) is 3.07. The van der Waals surface area contributed by atoms with Crippen molar-refractivity contribution in [3.8, 4) is 0 Å². The maximum atomic E-state index is 11.7. The molecular formula is C14H18N2O2S. The molecule has 0 aliphatic carbocycles. The molecule has 0 bridgehead atoms. The highest BCUT2D eigenvalue weighted by Gasteiger charge is 2.31. The third-order valence-electron chi connectivity index (χ3n) is 4.12. The fraction of sp³-hybridized carbons (Fsp3) is 0.429. The van der Waals surface area contributed by atoms with Crippen LogP contribution >= 0.6 is 0 Å². The Labute approximate surface area is 113 Å². The van der Waals surface area contributed by atoms with Crippen LogP contribution in [0, 0.1) is 5.92 Å². The van der Waals surface area contributed by atoms with Gasteiger partial charge in [-0.05, 0) is 55.3 Å². The minimum atomic E-state index is -3.19. The summed E-state index contributed by atoms with van der Waals surface area (Å²) < 4.78 is 23.5. The Hall–Kier alpha value is -1.17. The molecule has 19 heavy (non-hydrogen) atoms. The second kappa shape index (κ2) is 4.44. The van der Waals surface area contributed by atoms with Crippen LogP contribution in [0.3, 0.4) is 0 Å². The zero-order valence-corrected chi connectivity index (χ0v) is 11.7. The lowest BCUT2D eigenvalue weighted by molar-refractivity contribution is 0.313. The van der Waals surface area contributed by atoms with E-state index in [1.807, 2.05) is 12.1 Å². The van der Waals surface area contributed by atoms with Gasteiger partial charge in [-0.25, -0.2) is 8.42 Å². The monoisotopic (exact) mass is 278 g/mol. The molecule has 1 aromatic carbocycles. The number of likely N-dealkylation sites (tertiary alicyclic amines) is 1. The van der Waals surface area contributed by atoms with Gasteiger partial charge >= 0.3 is 0 Å². The first-order chi connectivity index (χ1) is 9.01. The third-order valence-corrected chi connectivity index (χ3v) is 5.60. The summed E-state index contributed by atoms with van der Waals surface area (Å²) in [7, 11) is -1.09. The normalized spacial score (nSPS) is 28.7. The van der Waals surface area contributed by atoms with Gasteiger partial charge in [-0.2, -0.15) is 0 Å². The summed E-state index contributed by atoms with van der Waals surface area (Å²) in [5.74, 6) is 0.530. The first kappa shape index (κ1) is 12.8. The molecule has 0 radical (unpaired) electrons. The van der Waals surface area contributed by atoms with Crippen LogP contribution in [0.2, 0.25) is 0 Å². The maximum absolute atomic E-state index is 11.7. The van der Waals surface area contributed by atoms with Gasteiger partial charge in [0.25, 0.3) is 0 Å². The molecule has 4 nitrogen and oxygen atoms in total. The van der Waals surface area contributed by atoms with Gasteiger partial charge in [0.1, 0.15) is 0 Å². The van der Waals surface area contributed by atoms with Gasteiger partial charge in [0, 0.05) is 18.0 Å². The predicted octanol–water partition coefficient (Wildman–Crippen LogP) is 1.40. The number of rotatable bonds is 2. The van der Waals surface area contributed by atoms with Gasteiger partial charge in [-0.15, -0.1) is 0 Å². The molecular weight excluding hydrogens is 260 g/mol. The van der Waals surface area contributed by atoms with Crippen molar-refractivity contribution in [1.29, 1.82) is 0 Å². The number of nitrogens with zero attached hydrogens (tertiary/aromatic N) is 1. The van der Waals surface area contributed by atoms with E-state index in [0.29, 0.717) is 23.4 Å². The maximum Gasteiger partial charge on any atom is 0.200 e. The van der Waals surface area contributed by atoms with Gasteiger partial charge in [0.15, 0.2) is 9.84 Å². The molecule has 2 unspecified atom stereocenters. The highest BCUT2D eigenvalue weighted by molar-refractivity contribution is 7.94. The van der Waals surface area contributed by atoms with Crippen LogP contribution in [0.5, 0.6) is 0 Å². The van der Waals surface area contributed by atoms with Crippen molar-refractivity contribution in [2.45, 2.75) is 17.4 Å². The van der Waals surface area contributed by atoms with E-state index in [1.54, 1.807) is 12.1 Å². The summed E-state index contributed by atoms with van der Waals surface area (Å²) in [6.07, 6.45) is 2.73. The Morgan fingerprint density at radius 3 is 2.89 bits per heavy atom. The van der Waals surface area contributed by atoms with Crippen molar-refractivity contribution in [1.82, 2.24) is 4.90 Å². The van der Waals surface area contributed by atoms with Gasteiger partial charge in [-0.3, -0.25) is 4.90 Å². The number of sulfone groups is 1. The molecule has 2 atom stereocenters. The lowest BCUT2D eigenvalue weighted by Gasteiger charge is -2.20. The summed E-state index contributed by atoms with van der Waals surface area (Å²) in [5.41, 5.74) is 7.73. The molecule has 0 spiro atoms. The number of nitrogens with two attached hydrogens (primary N) is 1. The molecule has 2 heterocycles. The molecule has 3 rings (SSSR count). The summed E-state index contributed by atoms with van der Waals surface area (Å²) in [6.45, 7) is 1.71. The van der Waals surface area contributed by atoms with E-state index in [9.17, 15) is 8.42 Å². The number of hydrogen-bond donors (Lipinski definition) is 1. The molecule has 5 heteroatoms. The smallest absolute Gasteiger partial charge is 0.200 e. The lowest BCUT2D eigenvalue weighted by Crippen LogP contribution is -2.20. The Morgan fingerprint density at radius 2 is 2.21 bits per heavy atom. The topological polar surface area (TPSA) is 63.4 Å². The Kier molecular flexibility index (Phi) is 3.00. The molecule has 0 aromatic heterocycles. The molecule has 2 aliphatic heterocycles. The zero-order chi connectivity index (χ0) is 13.6. The highest BCUT2D eigenvalue weighted by Crippen LogP contribution is 2.36. The Morgan fingerprint density at radius 1 is 1.42 bits per heavy atom. The van der Waals surface area contributed by atoms with Crippen molar-refractivity contribution < 1.29 is 8.42 Å². The quantitative estimate of drug-likeness (QED) is 0.888. The van der Waals surface area contributed by atoms with Crippen LogP contribution in [-0.2, 0) is 9.84 Å². The number of hydrogen-bond acceptors (Lipinski definition) is 4. The first-order valence-corrected chi connectivity index (χ1v) is 8.03. The standard InChI is InChI=1S/C14H18N2O2S/c1-16-9-10(8-15)6-13(16)11-2-3-14-12(7-11)4-5-19(14,17)18/h2-5,7,10,13H,6,8-9,15H2,1H3. The van der Waals surface area contributed by atoms with Crippen LogP contribution in [0.1, 0.15) is 23.6 Å². The second-order valence-electron chi connectivity index (χ2n) is 5.44. The SMILES string of the molecule is CN1CC(CN)CC1c1ccc2c(c1)C=CS2(=O)=O. The van der Waals surface area contributed by atoms with Crippen molar-refractivity contribution >= 4 is 15.9 Å². The minimum Gasteiger partial charge on any atom is -0.330 e. The molecule has 2 aliphatic rings. The van der Waals surface area contributed by atoms with Gasteiger partial charge in [0.05, 0.1) is 4.90 Å². The largest absolute Gasteiger partial charge is 0.330 e. The average Bonchev–Trinajstić information content (AvgIpc) is 2.90. The van der Waals surface area contributed by atoms with Gasteiger partial charge in [-0.1, -0.05) is 6.07 Å². The van der Waals surface area contributed by atoms with Crippen LogP contribution in [0.15, 0.2) is 28.5 Å². The van der Waals surface area contributed by atoms with Gasteiger partial charge < -0.3 is 5.73 Å². The summed E-state index contributed by atoms with van der Waals surface area (Å²) in [5, 5.41) is 1.28. The zero-order valence-electron chi connectivity index (χ0n) is 10.9. The van der Waals surface area contributed by atoms with E-state index < -0.39 is 9.84 Å². The minimum absolute atomic E-state index is 0.343. The molecule has 0 saturated carbocycles. The van der Waals surface area contributed by atoms with Crippen LogP contribution in [0.4, 0.5) is 0 Å². The Bertz CT molecular complexity index is 637. The van der Waals surface area contributed by atoms with E-state index >= 15 is 0 Å². The van der Waals surface area contributed by atoms with Crippen molar-refractivity contribution in [3.05, 3.63) is 34.7 Å². The molecule has 1 saturated heterocycles. The Balaban J connectivity index is 1.94. The van der Waals surface area contributed by atoms with E-state index in [-0.39, 0.29) is 0 Å². The molecule has 1 fully saturated rings. The second-order valence-corrected chi connectivity index (χ2v) is 7.24. The van der Waals surface area contributed by atoms with Crippen molar-refractivity contribution in [3.63, 3.8) is 0 Å². The summed E-state index contributed by atoms with van der Waals surface area (Å²) in [4.78, 5) is 2.72. The van der Waals surface area contributed by atoms with Crippen LogP contribution < -0.4 is 5.73 Å². The van der Waals surface area contributed by atoms with Crippen LogP contribution in [-0.4, -0.2) is 33.5 Å². The first-order valence-electron chi connectivity index (χ1n) is 6.48. The molecule has 2 N–H and O–H groups in total. The summed E-state index contributed by atoms with van der Waals surface area (Å²) in [6, 6.07) is 6.00. The van der Waals surface area contributed by atoms with E-state index in [4.69, 9.17) is 5.73 Å². The van der Waals surface area contributed by atoms with E-state index in [2.05, 4.69) is 11.9 Å². The highest BCUT2D eigenvalue weighted by atomic mass is 32.2.